The highest BCUT2D eigenvalue weighted by atomic mass is 35.5. The molecular formula is C14H25ClN2. The van der Waals surface area contributed by atoms with E-state index in [4.69, 9.17) is 0 Å². The maximum absolute atomic E-state index is 4.57. The van der Waals surface area contributed by atoms with Crippen LogP contribution in [-0.4, -0.2) is 18.4 Å². The summed E-state index contributed by atoms with van der Waals surface area (Å²) < 4.78 is 0. The van der Waals surface area contributed by atoms with E-state index in [0.29, 0.717) is 16.9 Å². The first-order chi connectivity index (χ1) is 7.54. The number of nitrogens with one attached hydrogen (secondary N) is 1. The molecule has 98 valence electrons. The van der Waals surface area contributed by atoms with E-state index in [2.05, 4.69) is 31.1 Å². The lowest BCUT2D eigenvalue weighted by molar-refractivity contribution is 0.129. The predicted octanol–water partition coefficient (Wildman–Crippen LogP) is 3.40. The summed E-state index contributed by atoms with van der Waals surface area (Å²) in [6, 6.07) is 0.679. The van der Waals surface area contributed by atoms with Crippen molar-refractivity contribution < 1.29 is 0 Å². The molecule has 0 radical (unpaired) electrons. The molecule has 3 aliphatic rings. The Kier molecular flexibility index (Phi) is 3.22. The summed E-state index contributed by atoms with van der Waals surface area (Å²) in [6.45, 7) is 8.48. The number of fused-ring (bicyclic) bond motifs is 2. The van der Waals surface area contributed by atoms with Crippen LogP contribution in [0.1, 0.15) is 52.9 Å². The molecule has 3 atom stereocenters. The Morgan fingerprint density at radius 3 is 2.53 bits per heavy atom. The molecule has 1 aliphatic heterocycles. The van der Waals surface area contributed by atoms with Gasteiger partial charge in [-0.3, -0.25) is 4.99 Å². The van der Waals surface area contributed by atoms with E-state index in [9.17, 15) is 0 Å². The van der Waals surface area contributed by atoms with Crippen LogP contribution in [0.4, 0.5) is 0 Å². The van der Waals surface area contributed by atoms with E-state index in [1.54, 1.807) is 0 Å². The van der Waals surface area contributed by atoms with E-state index in [-0.39, 0.29) is 12.4 Å². The standard InChI is InChI=1S/C14H24N2.ClH/c1-13(2)10-6-7-14(13,3)11(9-10)16-12-5-4-8-15-12;/h10-11H,4-9H2,1-3H3,(H,15,16);1H. The van der Waals surface area contributed by atoms with Crippen LogP contribution in [0.3, 0.4) is 0 Å². The molecule has 2 nitrogen and oxygen atoms in total. The van der Waals surface area contributed by atoms with Crippen LogP contribution in [0.15, 0.2) is 4.99 Å². The molecule has 1 N–H and O–H groups in total. The van der Waals surface area contributed by atoms with Crippen molar-refractivity contribution in [1.82, 2.24) is 5.32 Å². The third-order valence-corrected chi connectivity index (χ3v) is 6.01. The summed E-state index contributed by atoms with van der Waals surface area (Å²) in [5.41, 5.74) is 1.01. The van der Waals surface area contributed by atoms with Crippen molar-refractivity contribution in [3.8, 4) is 0 Å². The van der Waals surface area contributed by atoms with Crippen LogP contribution < -0.4 is 5.32 Å². The average Bonchev–Trinajstić information content (AvgIpc) is 2.84. The normalized spacial score (nSPS) is 42.2. The first-order valence-electron chi connectivity index (χ1n) is 6.84. The van der Waals surface area contributed by atoms with Gasteiger partial charge in [0.15, 0.2) is 0 Å². The van der Waals surface area contributed by atoms with Crippen molar-refractivity contribution in [1.29, 1.82) is 0 Å². The number of rotatable bonds is 1. The topological polar surface area (TPSA) is 24.4 Å². The van der Waals surface area contributed by atoms with Gasteiger partial charge in [0.2, 0.25) is 0 Å². The number of nitrogens with zero attached hydrogens (tertiary/aromatic N) is 1. The zero-order chi connectivity index (χ0) is 11.4. The summed E-state index contributed by atoms with van der Waals surface area (Å²) >= 11 is 0. The van der Waals surface area contributed by atoms with E-state index < -0.39 is 0 Å². The fourth-order valence-corrected chi connectivity index (χ4v) is 4.28. The highest BCUT2D eigenvalue weighted by molar-refractivity contribution is 5.85. The van der Waals surface area contributed by atoms with Crippen molar-refractivity contribution in [2.45, 2.75) is 58.9 Å². The van der Waals surface area contributed by atoms with Gasteiger partial charge in [-0.1, -0.05) is 20.8 Å². The van der Waals surface area contributed by atoms with E-state index >= 15 is 0 Å². The quantitative estimate of drug-likeness (QED) is 0.764. The molecule has 0 saturated heterocycles. The minimum absolute atomic E-state index is 0. The summed E-state index contributed by atoms with van der Waals surface area (Å²) in [5.74, 6) is 2.21. The molecule has 17 heavy (non-hydrogen) atoms. The molecule has 0 spiro atoms. The Balaban J connectivity index is 0.00000108. The minimum atomic E-state index is 0. The summed E-state index contributed by atoms with van der Waals surface area (Å²) in [7, 11) is 0. The molecule has 3 heteroatoms. The van der Waals surface area contributed by atoms with Gasteiger partial charge in [-0.2, -0.15) is 0 Å². The van der Waals surface area contributed by atoms with E-state index in [1.165, 1.54) is 37.9 Å². The van der Waals surface area contributed by atoms with Crippen molar-refractivity contribution in [3.05, 3.63) is 0 Å². The fourth-order valence-electron chi connectivity index (χ4n) is 4.28. The van der Waals surface area contributed by atoms with Crippen LogP contribution >= 0.6 is 12.4 Å². The maximum Gasteiger partial charge on any atom is 0.0966 e. The van der Waals surface area contributed by atoms with Gasteiger partial charge in [-0.25, -0.2) is 0 Å². The Hall–Kier alpha value is -0.240. The summed E-state index contributed by atoms with van der Waals surface area (Å²) in [6.07, 6.45) is 6.63. The first kappa shape index (κ1) is 13.2. The monoisotopic (exact) mass is 256 g/mol. The number of amidine groups is 1. The van der Waals surface area contributed by atoms with Gasteiger partial charge in [-0.05, 0) is 42.4 Å². The van der Waals surface area contributed by atoms with Crippen molar-refractivity contribution in [2.24, 2.45) is 21.7 Å². The van der Waals surface area contributed by atoms with Crippen molar-refractivity contribution >= 4 is 18.2 Å². The molecule has 0 amide bonds. The van der Waals surface area contributed by atoms with Gasteiger partial charge in [0.05, 0.1) is 5.84 Å². The molecule has 0 aromatic heterocycles. The second-order valence-electron chi connectivity index (χ2n) is 6.74. The summed E-state index contributed by atoms with van der Waals surface area (Å²) in [4.78, 5) is 4.57. The predicted molar refractivity (Wildman–Crippen MR) is 74.9 cm³/mol. The van der Waals surface area contributed by atoms with Crippen molar-refractivity contribution in [3.63, 3.8) is 0 Å². The van der Waals surface area contributed by atoms with Crippen LogP contribution in [0.2, 0.25) is 0 Å². The summed E-state index contributed by atoms with van der Waals surface area (Å²) in [5, 5.41) is 3.76. The van der Waals surface area contributed by atoms with Gasteiger partial charge in [0.25, 0.3) is 0 Å². The maximum atomic E-state index is 4.57. The van der Waals surface area contributed by atoms with Gasteiger partial charge in [-0.15, -0.1) is 12.4 Å². The molecule has 2 aliphatic carbocycles. The lowest BCUT2D eigenvalue weighted by Gasteiger charge is -2.39. The number of halogens is 1. The third kappa shape index (κ3) is 1.71. The molecular weight excluding hydrogens is 232 g/mol. The van der Waals surface area contributed by atoms with Crippen LogP contribution in [0.25, 0.3) is 0 Å². The first-order valence-corrected chi connectivity index (χ1v) is 6.84. The molecule has 3 rings (SSSR count). The zero-order valence-corrected chi connectivity index (χ0v) is 12.1. The highest BCUT2D eigenvalue weighted by Crippen LogP contribution is 2.65. The van der Waals surface area contributed by atoms with E-state index in [0.717, 1.165) is 12.5 Å². The number of hydrogen-bond donors (Lipinski definition) is 1. The van der Waals surface area contributed by atoms with Crippen LogP contribution in [0, 0.1) is 16.7 Å². The van der Waals surface area contributed by atoms with Crippen LogP contribution in [0.5, 0.6) is 0 Å². The molecule has 0 aromatic rings. The fraction of sp³-hybridized carbons (Fsp3) is 0.929. The second-order valence-corrected chi connectivity index (χ2v) is 6.74. The lowest BCUT2D eigenvalue weighted by atomic mass is 9.69. The van der Waals surface area contributed by atoms with Crippen LogP contribution in [-0.2, 0) is 0 Å². The third-order valence-electron chi connectivity index (χ3n) is 6.01. The van der Waals surface area contributed by atoms with Crippen molar-refractivity contribution in [2.75, 3.05) is 6.54 Å². The number of hydrogen-bond acceptors (Lipinski definition) is 2. The molecule has 2 bridgehead atoms. The SMILES string of the molecule is CC1(C)C2CCC1(C)C(NC1=NCCC1)C2.Cl. The average molecular weight is 257 g/mol. The molecule has 0 aromatic carbocycles. The Bertz CT molecular complexity index is 337. The molecule has 1 heterocycles. The van der Waals surface area contributed by atoms with Gasteiger partial charge >= 0.3 is 0 Å². The Morgan fingerprint density at radius 1 is 1.29 bits per heavy atom. The Labute approximate surface area is 111 Å². The number of aliphatic imine (C=N–C) groups is 1. The van der Waals surface area contributed by atoms with Gasteiger partial charge in [0.1, 0.15) is 0 Å². The molecule has 3 unspecified atom stereocenters. The minimum Gasteiger partial charge on any atom is -0.371 e. The zero-order valence-electron chi connectivity index (χ0n) is 11.3. The smallest absolute Gasteiger partial charge is 0.0966 e. The van der Waals surface area contributed by atoms with E-state index in [1.807, 2.05) is 0 Å². The largest absolute Gasteiger partial charge is 0.371 e. The second kappa shape index (κ2) is 4.15. The van der Waals surface area contributed by atoms with Gasteiger partial charge < -0.3 is 5.32 Å². The lowest BCUT2D eigenvalue weighted by Crippen LogP contribution is -2.46. The Morgan fingerprint density at radius 2 is 2.06 bits per heavy atom. The molecule has 2 fully saturated rings. The highest BCUT2D eigenvalue weighted by Gasteiger charge is 2.61. The van der Waals surface area contributed by atoms with Gasteiger partial charge in [0, 0.05) is 19.0 Å². The molecule has 2 saturated carbocycles.